The quantitative estimate of drug-likeness (QED) is 0.539. The van der Waals surface area contributed by atoms with Gasteiger partial charge in [-0.3, -0.25) is 0 Å². The van der Waals surface area contributed by atoms with Gasteiger partial charge >= 0.3 is 0 Å². The maximum absolute atomic E-state index is 6.19. The smallest absolute Gasteiger partial charge is 0.115 e. The zero-order valence-corrected chi connectivity index (χ0v) is 9.40. The van der Waals surface area contributed by atoms with Gasteiger partial charge in [-0.1, -0.05) is 60.7 Å². The minimum absolute atomic E-state index is 0.552. The van der Waals surface area contributed by atoms with Crippen LogP contribution in [-0.2, 0) is 6.16 Å². The number of hydrogen-bond acceptors (Lipinski definition) is 0. The van der Waals surface area contributed by atoms with Crippen molar-refractivity contribution >= 4 is 20.7 Å². The number of hydrogen-bond donors (Lipinski definition) is 0. The van der Waals surface area contributed by atoms with Crippen LogP contribution in [0.2, 0.25) is 0 Å². The standard InChI is InChI=1S/C13H12BP/c14-15(13-9-5-2-6-10-13)11-12-7-3-1-4-8-12/h1-10H,11H2. The highest BCUT2D eigenvalue weighted by molar-refractivity contribution is 7.87. The normalized spacial score (nSPS) is 12.3. The molecule has 0 heterocycles. The Kier molecular flexibility index (Phi) is 3.58. The Labute approximate surface area is 93.5 Å². The van der Waals surface area contributed by atoms with Crippen LogP contribution in [0.5, 0.6) is 0 Å². The molecule has 15 heavy (non-hydrogen) atoms. The lowest BCUT2D eigenvalue weighted by Gasteiger charge is -2.12. The van der Waals surface area contributed by atoms with E-state index in [1.165, 1.54) is 10.9 Å². The first-order chi connectivity index (χ1) is 7.36. The van der Waals surface area contributed by atoms with E-state index in [2.05, 4.69) is 36.4 Å². The molecule has 0 spiro atoms. The molecule has 2 radical (unpaired) electrons. The van der Waals surface area contributed by atoms with Gasteiger partial charge in [0.25, 0.3) is 0 Å². The second-order valence-corrected chi connectivity index (χ2v) is 5.22. The van der Waals surface area contributed by atoms with E-state index >= 15 is 0 Å². The zero-order chi connectivity index (χ0) is 10.5. The van der Waals surface area contributed by atoms with Crippen LogP contribution < -0.4 is 5.30 Å². The van der Waals surface area contributed by atoms with Crippen molar-refractivity contribution in [3.8, 4) is 0 Å². The highest BCUT2D eigenvalue weighted by atomic mass is 31.1. The summed E-state index contributed by atoms with van der Waals surface area (Å²) in [6.45, 7) is 0. The largest absolute Gasteiger partial charge is 0.122 e. The molecule has 0 aromatic heterocycles. The maximum Gasteiger partial charge on any atom is 0.115 e. The van der Waals surface area contributed by atoms with Crippen LogP contribution in [0.15, 0.2) is 60.7 Å². The van der Waals surface area contributed by atoms with Crippen LogP contribution >= 0.6 is 7.80 Å². The SMILES string of the molecule is [B]P(Cc1ccccc1)c1ccccc1. The van der Waals surface area contributed by atoms with Crippen LogP contribution in [0, 0.1) is 0 Å². The molecule has 0 N–H and O–H groups in total. The molecule has 0 nitrogen and oxygen atoms in total. The first-order valence-corrected chi connectivity index (χ1v) is 6.57. The molecular weight excluding hydrogens is 198 g/mol. The van der Waals surface area contributed by atoms with Crippen LogP contribution in [0.1, 0.15) is 5.56 Å². The van der Waals surface area contributed by atoms with Gasteiger partial charge < -0.3 is 0 Å². The lowest BCUT2D eigenvalue weighted by atomic mass is 10.2. The van der Waals surface area contributed by atoms with Crippen molar-refractivity contribution in [2.75, 3.05) is 0 Å². The van der Waals surface area contributed by atoms with Gasteiger partial charge in [0.15, 0.2) is 0 Å². The average Bonchev–Trinajstić information content (AvgIpc) is 2.31. The van der Waals surface area contributed by atoms with E-state index in [1.807, 2.05) is 24.3 Å². The predicted octanol–water partition coefficient (Wildman–Crippen LogP) is 3.08. The van der Waals surface area contributed by atoms with E-state index in [-0.39, 0.29) is 0 Å². The van der Waals surface area contributed by atoms with E-state index in [0.29, 0.717) is 0 Å². The third kappa shape index (κ3) is 2.94. The zero-order valence-electron chi connectivity index (χ0n) is 8.51. The van der Waals surface area contributed by atoms with Gasteiger partial charge in [0, 0.05) is 0 Å². The molecule has 0 fully saturated rings. The Morgan fingerprint density at radius 1 is 0.800 bits per heavy atom. The Bertz CT molecular complexity index is 399. The van der Waals surface area contributed by atoms with Crippen LogP contribution in [0.25, 0.3) is 0 Å². The summed E-state index contributed by atoms with van der Waals surface area (Å²) in [5.41, 5.74) is 1.31. The Hall–Kier alpha value is -1.07. The third-order valence-corrected chi connectivity index (χ3v) is 3.95. The van der Waals surface area contributed by atoms with E-state index in [0.717, 1.165) is 6.16 Å². The molecule has 1 unspecified atom stereocenters. The number of rotatable bonds is 3. The lowest BCUT2D eigenvalue weighted by molar-refractivity contribution is 1.41. The second-order valence-electron chi connectivity index (χ2n) is 3.45. The molecule has 0 aliphatic heterocycles. The van der Waals surface area contributed by atoms with E-state index < -0.39 is 7.80 Å². The minimum Gasteiger partial charge on any atom is -0.122 e. The third-order valence-electron chi connectivity index (χ3n) is 2.28. The molecule has 0 saturated heterocycles. The Morgan fingerprint density at radius 2 is 1.33 bits per heavy atom. The van der Waals surface area contributed by atoms with E-state index in [9.17, 15) is 0 Å². The highest BCUT2D eigenvalue weighted by Crippen LogP contribution is 2.32. The van der Waals surface area contributed by atoms with Crippen molar-refractivity contribution in [1.82, 2.24) is 0 Å². The Balaban J connectivity index is 2.08. The highest BCUT2D eigenvalue weighted by Gasteiger charge is 2.03. The molecule has 0 saturated carbocycles. The van der Waals surface area contributed by atoms with Gasteiger partial charge in [-0.25, -0.2) is 0 Å². The first-order valence-electron chi connectivity index (χ1n) is 4.97. The van der Waals surface area contributed by atoms with E-state index in [4.69, 9.17) is 7.57 Å². The summed E-state index contributed by atoms with van der Waals surface area (Å²) in [5.74, 6) is 0. The second kappa shape index (κ2) is 5.14. The van der Waals surface area contributed by atoms with Crippen molar-refractivity contribution in [3.05, 3.63) is 66.2 Å². The van der Waals surface area contributed by atoms with Gasteiger partial charge in [0.2, 0.25) is 0 Å². The molecule has 2 rings (SSSR count). The van der Waals surface area contributed by atoms with Gasteiger partial charge in [-0.15, -0.1) is 7.80 Å². The van der Waals surface area contributed by atoms with Crippen molar-refractivity contribution in [3.63, 3.8) is 0 Å². The van der Waals surface area contributed by atoms with Crippen LogP contribution in [-0.4, -0.2) is 7.57 Å². The van der Waals surface area contributed by atoms with Gasteiger partial charge in [0.1, 0.15) is 7.57 Å². The van der Waals surface area contributed by atoms with Crippen molar-refractivity contribution < 1.29 is 0 Å². The van der Waals surface area contributed by atoms with Crippen LogP contribution in [0.3, 0.4) is 0 Å². The van der Waals surface area contributed by atoms with Gasteiger partial charge in [-0.2, -0.15) is 0 Å². The molecule has 0 amide bonds. The fourth-order valence-electron chi connectivity index (χ4n) is 1.49. The lowest BCUT2D eigenvalue weighted by Crippen LogP contribution is -2.01. The minimum atomic E-state index is -0.552. The Morgan fingerprint density at radius 3 is 1.93 bits per heavy atom. The maximum atomic E-state index is 6.19. The molecular formula is C13H12BP. The van der Waals surface area contributed by atoms with Crippen LogP contribution in [0.4, 0.5) is 0 Å². The summed E-state index contributed by atoms with van der Waals surface area (Å²) in [4.78, 5) is 0. The molecule has 2 aromatic carbocycles. The number of benzene rings is 2. The molecule has 0 bridgehead atoms. The van der Waals surface area contributed by atoms with Gasteiger partial charge in [-0.05, 0) is 17.0 Å². The summed E-state index contributed by atoms with van der Waals surface area (Å²) >= 11 is 0. The predicted molar refractivity (Wildman–Crippen MR) is 68.9 cm³/mol. The fraction of sp³-hybridized carbons (Fsp3) is 0.0769. The molecule has 1 atom stereocenters. The monoisotopic (exact) mass is 210 g/mol. The van der Waals surface area contributed by atoms with Crippen molar-refractivity contribution in [1.29, 1.82) is 0 Å². The summed E-state index contributed by atoms with van der Waals surface area (Å²) in [6, 6.07) is 20.7. The summed E-state index contributed by atoms with van der Waals surface area (Å²) in [7, 11) is 5.64. The molecule has 0 aliphatic carbocycles. The molecule has 0 aliphatic rings. The molecule has 72 valence electrons. The molecule has 2 aromatic rings. The molecule has 2 heteroatoms. The summed E-state index contributed by atoms with van der Waals surface area (Å²) in [6.07, 6.45) is 0.959. The average molecular weight is 210 g/mol. The fourth-order valence-corrected chi connectivity index (χ4v) is 2.83. The van der Waals surface area contributed by atoms with Crippen molar-refractivity contribution in [2.24, 2.45) is 0 Å². The van der Waals surface area contributed by atoms with Crippen molar-refractivity contribution in [2.45, 2.75) is 6.16 Å². The summed E-state index contributed by atoms with van der Waals surface area (Å²) < 4.78 is 0. The summed E-state index contributed by atoms with van der Waals surface area (Å²) in [5, 5.41) is 1.26. The van der Waals surface area contributed by atoms with Gasteiger partial charge in [0.05, 0.1) is 0 Å². The van der Waals surface area contributed by atoms with E-state index in [1.54, 1.807) is 0 Å². The first kappa shape index (κ1) is 10.5. The topological polar surface area (TPSA) is 0 Å².